The van der Waals surface area contributed by atoms with Crippen LogP contribution in [-0.4, -0.2) is 25.3 Å². The molecule has 0 amide bonds. The van der Waals surface area contributed by atoms with E-state index in [0.29, 0.717) is 31.3 Å². The van der Waals surface area contributed by atoms with Gasteiger partial charge in [-0.1, -0.05) is 0 Å². The first kappa shape index (κ1) is 10.7. The number of hydrogen-bond donors (Lipinski definition) is 0. The normalized spacial score (nSPS) is 16.5. The van der Waals surface area contributed by atoms with Crippen molar-refractivity contribution < 1.29 is 14.3 Å². The first-order valence-electron chi connectivity index (χ1n) is 5.03. The number of hydrogen-bond acceptors (Lipinski definition) is 3. The van der Waals surface area contributed by atoms with Gasteiger partial charge >= 0.3 is 0 Å². The standard InChI is InChI=1S/C10H18O3/c1-3-12-10(13-4-2)7-9(11)8-5-6-8/h8,10H,3-7H2,1-2H3. The van der Waals surface area contributed by atoms with Crippen LogP contribution in [0.5, 0.6) is 0 Å². The fraction of sp³-hybridized carbons (Fsp3) is 0.900. The van der Waals surface area contributed by atoms with E-state index >= 15 is 0 Å². The van der Waals surface area contributed by atoms with Gasteiger partial charge in [0, 0.05) is 19.1 Å². The minimum Gasteiger partial charge on any atom is -0.352 e. The summed E-state index contributed by atoms with van der Waals surface area (Å²) in [5, 5.41) is 0. The van der Waals surface area contributed by atoms with Crippen LogP contribution in [0.2, 0.25) is 0 Å². The quantitative estimate of drug-likeness (QED) is 0.568. The molecule has 0 heterocycles. The zero-order chi connectivity index (χ0) is 9.68. The molecule has 3 nitrogen and oxygen atoms in total. The number of carbonyl (C=O) groups excluding carboxylic acids is 1. The van der Waals surface area contributed by atoms with Crippen LogP contribution in [0.3, 0.4) is 0 Å². The van der Waals surface area contributed by atoms with E-state index in [9.17, 15) is 4.79 Å². The highest BCUT2D eigenvalue weighted by Crippen LogP contribution is 2.31. The summed E-state index contributed by atoms with van der Waals surface area (Å²) in [5.41, 5.74) is 0. The first-order valence-corrected chi connectivity index (χ1v) is 5.03. The molecule has 13 heavy (non-hydrogen) atoms. The predicted octanol–water partition coefficient (Wildman–Crippen LogP) is 1.75. The lowest BCUT2D eigenvalue weighted by atomic mass is 10.2. The topological polar surface area (TPSA) is 35.5 Å². The largest absolute Gasteiger partial charge is 0.352 e. The summed E-state index contributed by atoms with van der Waals surface area (Å²) in [6.45, 7) is 5.02. The van der Waals surface area contributed by atoms with Crippen LogP contribution in [0.4, 0.5) is 0 Å². The molecular weight excluding hydrogens is 168 g/mol. The molecule has 3 heteroatoms. The van der Waals surface area contributed by atoms with Crippen LogP contribution in [0.15, 0.2) is 0 Å². The fourth-order valence-corrected chi connectivity index (χ4v) is 1.27. The maximum Gasteiger partial charge on any atom is 0.164 e. The molecule has 0 aliphatic heterocycles. The van der Waals surface area contributed by atoms with Crippen molar-refractivity contribution >= 4 is 5.78 Å². The van der Waals surface area contributed by atoms with E-state index in [2.05, 4.69) is 0 Å². The van der Waals surface area contributed by atoms with Crippen molar-refractivity contribution in [1.29, 1.82) is 0 Å². The van der Waals surface area contributed by atoms with Gasteiger partial charge in [-0.25, -0.2) is 0 Å². The Labute approximate surface area is 79.4 Å². The van der Waals surface area contributed by atoms with Gasteiger partial charge in [-0.05, 0) is 26.7 Å². The first-order chi connectivity index (χ1) is 6.27. The van der Waals surface area contributed by atoms with Gasteiger partial charge in [0.25, 0.3) is 0 Å². The van der Waals surface area contributed by atoms with Crippen molar-refractivity contribution in [3.63, 3.8) is 0 Å². The smallest absolute Gasteiger partial charge is 0.164 e. The number of ketones is 1. The Morgan fingerprint density at radius 2 is 1.85 bits per heavy atom. The van der Waals surface area contributed by atoms with Crippen LogP contribution >= 0.6 is 0 Å². The van der Waals surface area contributed by atoms with Crippen molar-refractivity contribution in [2.45, 2.75) is 39.4 Å². The molecule has 0 aromatic carbocycles. The molecule has 0 bridgehead atoms. The molecule has 0 unspecified atom stereocenters. The molecule has 1 aliphatic rings. The average Bonchev–Trinajstić information content (AvgIpc) is 2.87. The molecule has 1 rings (SSSR count). The SMILES string of the molecule is CCOC(CC(=O)C1CC1)OCC. The zero-order valence-electron chi connectivity index (χ0n) is 8.41. The molecule has 0 aromatic heterocycles. The Kier molecular flexibility index (Phi) is 4.39. The lowest BCUT2D eigenvalue weighted by Gasteiger charge is -2.15. The summed E-state index contributed by atoms with van der Waals surface area (Å²) < 4.78 is 10.6. The Balaban J connectivity index is 2.22. The second-order valence-electron chi connectivity index (χ2n) is 3.28. The molecule has 0 saturated heterocycles. The van der Waals surface area contributed by atoms with Crippen molar-refractivity contribution in [3.8, 4) is 0 Å². The molecule has 1 aliphatic carbocycles. The van der Waals surface area contributed by atoms with E-state index in [0.717, 1.165) is 12.8 Å². The zero-order valence-corrected chi connectivity index (χ0v) is 8.41. The van der Waals surface area contributed by atoms with E-state index in [4.69, 9.17) is 9.47 Å². The number of carbonyl (C=O) groups is 1. The summed E-state index contributed by atoms with van der Waals surface area (Å²) in [7, 11) is 0. The van der Waals surface area contributed by atoms with Gasteiger partial charge in [-0.3, -0.25) is 4.79 Å². The molecule has 0 atom stereocenters. The second kappa shape index (κ2) is 5.35. The third-order valence-corrected chi connectivity index (χ3v) is 2.11. The fourth-order valence-electron chi connectivity index (χ4n) is 1.27. The van der Waals surface area contributed by atoms with Crippen LogP contribution < -0.4 is 0 Å². The van der Waals surface area contributed by atoms with Crippen LogP contribution in [0.25, 0.3) is 0 Å². The second-order valence-corrected chi connectivity index (χ2v) is 3.28. The summed E-state index contributed by atoms with van der Waals surface area (Å²) in [6, 6.07) is 0. The Morgan fingerprint density at radius 1 is 1.31 bits per heavy atom. The highest BCUT2D eigenvalue weighted by atomic mass is 16.7. The van der Waals surface area contributed by atoms with E-state index in [-0.39, 0.29) is 6.29 Å². The predicted molar refractivity (Wildman–Crippen MR) is 49.4 cm³/mol. The van der Waals surface area contributed by atoms with Gasteiger partial charge in [0.2, 0.25) is 0 Å². The van der Waals surface area contributed by atoms with Gasteiger partial charge in [0.15, 0.2) is 6.29 Å². The van der Waals surface area contributed by atoms with Gasteiger partial charge in [0.05, 0.1) is 6.42 Å². The maximum atomic E-state index is 11.4. The van der Waals surface area contributed by atoms with Gasteiger partial charge in [-0.15, -0.1) is 0 Å². The lowest BCUT2D eigenvalue weighted by Crippen LogP contribution is -2.22. The molecule has 76 valence electrons. The van der Waals surface area contributed by atoms with Crippen LogP contribution in [0.1, 0.15) is 33.1 Å². The average molecular weight is 186 g/mol. The summed E-state index contributed by atoms with van der Waals surface area (Å²) in [5.74, 6) is 0.607. The van der Waals surface area contributed by atoms with Crippen molar-refractivity contribution in [2.75, 3.05) is 13.2 Å². The highest BCUT2D eigenvalue weighted by molar-refractivity contribution is 5.83. The van der Waals surface area contributed by atoms with Gasteiger partial charge in [0.1, 0.15) is 5.78 Å². The molecular formula is C10H18O3. The van der Waals surface area contributed by atoms with Crippen LogP contribution in [0, 0.1) is 5.92 Å². The Bertz CT molecular complexity index is 158. The minimum absolute atomic E-state index is 0.298. The summed E-state index contributed by atoms with van der Waals surface area (Å²) in [6.07, 6.45) is 2.23. The highest BCUT2D eigenvalue weighted by Gasteiger charge is 2.31. The van der Waals surface area contributed by atoms with E-state index < -0.39 is 0 Å². The molecule has 1 fully saturated rings. The summed E-state index contributed by atoms with van der Waals surface area (Å²) in [4.78, 5) is 11.4. The van der Waals surface area contributed by atoms with Gasteiger partial charge in [-0.2, -0.15) is 0 Å². The lowest BCUT2D eigenvalue weighted by molar-refractivity contribution is -0.152. The molecule has 1 saturated carbocycles. The minimum atomic E-state index is -0.317. The van der Waals surface area contributed by atoms with Crippen LogP contribution in [-0.2, 0) is 14.3 Å². The van der Waals surface area contributed by atoms with E-state index in [1.807, 2.05) is 13.8 Å². The van der Waals surface area contributed by atoms with Gasteiger partial charge < -0.3 is 9.47 Å². The number of rotatable bonds is 7. The monoisotopic (exact) mass is 186 g/mol. The third-order valence-electron chi connectivity index (χ3n) is 2.11. The van der Waals surface area contributed by atoms with E-state index in [1.165, 1.54) is 0 Å². The molecule has 0 N–H and O–H groups in total. The maximum absolute atomic E-state index is 11.4. The van der Waals surface area contributed by atoms with Crippen molar-refractivity contribution in [1.82, 2.24) is 0 Å². The van der Waals surface area contributed by atoms with Crippen molar-refractivity contribution in [3.05, 3.63) is 0 Å². The molecule has 0 spiro atoms. The van der Waals surface area contributed by atoms with E-state index in [1.54, 1.807) is 0 Å². The Morgan fingerprint density at radius 3 is 2.23 bits per heavy atom. The molecule has 0 aromatic rings. The third kappa shape index (κ3) is 3.87. The number of Topliss-reactive ketones (excluding diaryl/α,β-unsaturated/α-hetero) is 1. The summed E-state index contributed by atoms with van der Waals surface area (Å²) >= 11 is 0. The number of ether oxygens (including phenoxy) is 2. The molecule has 0 radical (unpaired) electrons. The van der Waals surface area contributed by atoms with Crippen molar-refractivity contribution in [2.24, 2.45) is 5.92 Å². The Hall–Kier alpha value is -0.410.